The van der Waals surface area contributed by atoms with Crippen molar-refractivity contribution in [3.63, 3.8) is 0 Å². The summed E-state index contributed by atoms with van der Waals surface area (Å²) in [5.41, 5.74) is 6.61. The van der Waals surface area contributed by atoms with Crippen molar-refractivity contribution in [2.45, 2.75) is 25.8 Å². The quantitative estimate of drug-likeness (QED) is 0.938. The molecule has 5 heteroatoms. The first-order valence-electron chi connectivity index (χ1n) is 8.37. The summed E-state index contributed by atoms with van der Waals surface area (Å²) in [6.45, 7) is 3.49. The van der Waals surface area contributed by atoms with Crippen LogP contribution in [0.3, 0.4) is 0 Å². The number of para-hydroxylation sites is 1. The van der Waals surface area contributed by atoms with Gasteiger partial charge >= 0.3 is 0 Å². The van der Waals surface area contributed by atoms with E-state index < -0.39 is 0 Å². The molecule has 24 heavy (non-hydrogen) atoms. The number of hydrogen-bond donors (Lipinski definition) is 1. The molecule has 1 aliphatic heterocycles. The highest BCUT2D eigenvalue weighted by molar-refractivity contribution is 5.97. The molecule has 1 aliphatic rings. The number of rotatable bonds is 4. The van der Waals surface area contributed by atoms with E-state index in [9.17, 15) is 4.79 Å². The molecule has 2 N–H and O–H groups in total. The number of carbonyl (C=O) groups is 1. The van der Waals surface area contributed by atoms with Crippen molar-refractivity contribution in [2.75, 3.05) is 13.1 Å². The zero-order chi connectivity index (χ0) is 16.9. The maximum absolute atomic E-state index is 13.0. The molecule has 0 aliphatic carbocycles. The Morgan fingerprint density at radius 3 is 2.92 bits per heavy atom. The molecule has 0 unspecified atom stereocenters. The Morgan fingerprint density at radius 2 is 2.17 bits per heavy atom. The number of piperidine rings is 1. The number of benzene rings is 1. The Morgan fingerprint density at radius 1 is 1.33 bits per heavy atom. The number of ether oxygens (including phenoxy) is 1. The van der Waals surface area contributed by atoms with Crippen molar-refractivity contribution >= 4 is 5.91 Å². The number of amides is 1. The topological polar surface area (TPSA) is 68.5 Å². The van der Waals surface area contributed by atoms with E-state index in [4.69, 9.17) is 10.5 Å². The van der Waals surface area contributed by atoms with Gasteiger partial charge < -0.3 is 15.4 Å². The Kier molecular flexibility index (Phi) is 5.11. The monoisotopic (exact) mass is 325 g/mol. The number of hydrogen-bond acceptors (Lipinski definition) is 4. The van der Waals surface area contributed by atoms with E-state index in [0.717, 1.165) is 19.4 Å². The van der Waals surface area contributed by atoms with Crippen molar-refractivity contribution in [1.29, 1.82) is 0 Å². The van der Waals surface area contributed by atoms with Gasteiger partial charge in [0.05, 0.1) is 11.8 Å². The number of carbonyl (C=O) groups excluding carboxylic acids is 1. The van der Waals surface area contributed by atoms with Crippen LogP contribution in [-0.4, -0.2) is 34.9 Å². The van der Waals surface area contributed by atoms with Crippen LogP contribution in [0.4, 0.5) is 0 Å². The number of aromatic nitrogens is 1. The molecule has 2 heterocycles. The van der Waals surface area contributed by atoms with Crippen LogP contribution in [0.25, 0.3) is 0 Å². The van der Waals surface area contributed by atoms with Crippen LogP contribution >= 0.6 is 0 Å². The van der Waals surface area contributed by atoms with Crippen molar-refractivity contribution in [1.82, 2.24) is 9.88 Å². The fourth-order valence-corrected chi connectivity index (χ4v) is 3.06. The van der Waals surface area contributed by atoms with Crippen LogP contribution in [-0.2, 0) is 0 Å². The first kappa shape index (κ1) is 16.5. The molecule has 1 saturated heterocycles. The smallest absolute Gasteiger partial charge is 0.257 e. The minimum atomic E-state index is -0.000148. The number of nitrogens with zero attached hydrogens (tertiary/aromatic N) is 2. The summed E-state index contributed by atoms with van der Waals surface area (Å²) < 4.78 is 5.86. The van der Waals surface area contributed by atoms with Crippen LogP contribution in [0.2, 0.25) is 0 Å². The van der Waals surface area contributed by atoms with E-state index in [0.29, 0.717) is 29.5 Å². The van der Waals surface area contributed by atoms with Crippen molar-refractivity contribution in [3.05, 3.63) is 54.4 Å². The van der Waals surface area contributed by atoms with E-state index in [1.165, 1.54) is 0 Å². The minimum Gasteiger partial charge on any atom is -0.455 e. The van der Waals surface area contributed by atoms with Gasteiger partial charge in [0.1, 0.15) is 11.5 Å². The molecule has 0 radical (unpaired) electrons. The maximum atomic E-state index is 13.0. The number of likely N-dealkylation sites (tertiary alicyclic amines) is 1. The van der Waals surface area contributed by atoms with Gasteiger partial charge in [-0.3, -0.25) is 9.78 Å². The van der Waals surface area contributed by atoms with Crippen molar-refractivity contribution in [3.8, 4) is 11.5 Å². The molecule has 1 aromatic carbocycles. The van der Waals surface area contributed by atoms with Gasteiger partial charge in [0.15, 0.2) is 0 Å². The molecule has 2 aromatic rings. The van der Waals surface area contributed by atoms with Gasteiger partial charge in [-0.2, -0.15) is 0 Å². The third-order valence-electron chi connectivity index (χ3n) is 4.47. The molecule has 3 rings (SSSR count). The average molecular weight is 325 g/mol. The first-order chi connectivity index (χ1) is 11.6. The molecule has 1 fully saturated rings. The average Bonchev–Trinajstić information content (AvgIpc) is 2.62. The lowest BCUT2D eigenvalue weighted by atomic mass is 9.92. The SMILES string of the molecule is C[C@@H](N)[C@@H]1CCCN(C(=O)c2ccccc2Oc2cccnc2)C1. The third-order valence-corrected chi connectivity index (χ3v) is 4.47. The molecule has 1 aromatic heterocycles. The lowest BCUT2D eigenvalue weighted by Gasteiger charge is -2.34. The van der Waals surface area contributed by atoms with Gasteiger partial charge in [0.2, 0.25) is 0 Å². The van der Waals surface area contributed by atoms with E-state index in [1.54, 1.807) is 18.5 Å². The van der Waals surface area contributed by atoms with Crippen LogP contribution < -0.4 is 10.5 Å². The van der Waals surface area contributed by atoms with Gasteiger partial charge in [-0.05, 0) is 49.9 Å². The van der Waals surface area contributed by atoms with Gasteiger partial charge in [-0.1, -0.05) is 12.1 Å². The second-order valence-electron chi connectivity index (χ2n) is 6.30. The minimum absolute atomic E-state index is 0.000148. The maximum Gasteiger partial charge on any atom is 0.257 e. The predicted molar refractivity (Wildman–Crippen MR) is 93.0 cm³/mol. The van der Waals surface area contributed by atoms with E-state index in [2.05, 4.69) is 4.98 Å². The highest BCUT2D eigenvalue weighted by atomic mass is 16.5. The second-order valence-corrected chi connectivity index (χ2v) is 6.30. The zero-order valence-corrected chi connectivity index (χ0v) is 13.9. The largest absolute Gasteiger partial charge is 0.455 e. The number of pyridine rings is 1. The summed E-state index contributed by atoms with van der Waals surface area (Å²) >= 11 is 0. The molecule has 126 valence electrons. The summed E-state index contributed by atoms with van der Waals surface area (Å²) in [5.74, 6) is 1.53. The Bertz CT molecular complexity index is 688. The lowest BCUT2D eigenvalue weighted by Crippen LogP contribution is -2.45. The van der Waals surface area contributed by atoms with Crippen LogP contribution in [0, 0.1) is 5.92 Å². The molecule has 0 bridgehead atoms. The van der Waals surface area contributed by atoms with Crippen molar-refractivity contribution in [2.24, 2.45) is 11.7 Å². The summed E-state index contributed by atoms with van der Waals surface area (Å²) in [5, 5.41) is 0. The van der Waals surface area contributed by atoms with E-state index in [-0.39, 0.29) is 11.9 Å². The van der Waals surface area contributed by atoms with E-state index >= 15 is 0 Å². The second kappa shape index (κ2) is 7.45. The van der Waals surface area contributed by atoms with Gasteiger partial charge in [-0.15, -0.1) is 0 Å². The Balaban J connectivity index is 1.80. The normalized spacial score (nSPS) is 18.9. The van der Waals surface area contributed by atoms with Crippen LogP contribution in [0.15, 0.2) is 48.8 Å². The molecular weight excluding hydrogens is 302 g/mol. The molecular formula is C19H23N3O2. The molecule has 0 spiro atoms. The lowest BCUT2D eigenvalue weighted by molar-refractivity contribution is 0.0658. The van der Waals surface area contributed by atoms with Gasteiger partial charge in [-0.25, -0.2) is 0 Å². The van der Waals surface area contributed by atoms with Crippen LogP contribution in [0.1, 0.15) is 30.1 Å². The zero-order valence-electron chi connectivity index (χ0n) is 13.9. The fourth-order valence-electron chi connectivity index (χ4n) is 3.06. The molecule has 1 amide bonds. The van der Waals surface area contributed by atoms with Gasteiger partial charge in [0, 0.05) is 25.3 Å². The molecule has 0 saturated carbocycles. The Hall–Kier alpha value is -2.40. The summed E-state index contributed by atoms with van der Waals surface area (Å²) in [7, 11) is 0. The number of nitrogens with two attached hydrogens (primary N) is 1. The third kappa shape index (κ3) is 3.74. The Labute approximate surface area is 142 Å². The summed E-state index contributed by atoms with van der Waals surface area (Å²) in [6, 6.07) is 11.1. The van der Waals surface area contributed by atoms with Gasteiger partial charge in [0.25, 0.3) is 5.91 Å². The highest BCUT2D eigenvalue weighted by Gasteiger charge is 2.27. The highest BCUT2D eigenvalue weighted by Crippen LogP contribution is 2.27. The predicted octanol–water partition coefficient (Wildman–Crippen LogP) is 3.07. The summed E-state index contributed by atoms with van der Waals surface area (Å²) in [4.78, 5) is 18.9. The van der Waals surface area contributed by atoms with E-state index in [1.807, 2.05) is 42.2 Å². The molecule has 5 nitrogen and oxygen atoms in total. The first-order valence-corrected chi connectivity index (χ1v) is 8.37. The van der Waals surface area contributed by atoms with Crippen LogP contribution in [0.5, 0.6) is 11.5 Å². The van der Waals surface area contributed by atoms with Crippen molar-refractivity contribution < 1.29 is 9.53 Å². The summed E-state index contributed by atoms with van der Waals surface area (Å²) in [6.07, 6.45) is 5.39. The standard InChI is InChI=1S/C19H23N3O2/c1-14(20)15-6-5-11-22(13-15)19(23)17-8-2-3-9-18(17)24-16-7-4-10-21-12-16/h2-4,7-10,12,14-15H,5-6,11,13,20H2,1H3/t14-,15-/m1/s1. The fraction of sp³-hybridized carbons (Fsp3) is 0.368. The molecule has 2 atom stereocenters.